The summed E-state index contributed by atoms with van der Waals surface area (Å²) in [5.41, 5.74) is 5.99. The van der Waals surface area contributed by atoms with Crippen LogP contribution in [0.15, 0.2) is 5.38 Å². The predicted octanol–water partition coefficient (Wildman–Crippen LogP) is 2.16. The highest BCUT2D eigenvalue weighted by Gasteiger charge is 2.19. The Kier molecular flexibility index (Phi) is 4.72. The summed E-state index contributed by atoms with van der Waals surface area (Å²) in [6.45, 7) is 3.48. The number of hydrogen-bond acceptors (Lipinski definition) is 4. The van der Waals surface area contributed by atoms with Crippen LogP contribution in [0.4, 0.5) is 0 Å². The summed E-state index contributed by atoms with van der Waals surface area (Å²) in [7, 11) is 0. The number of hydrogen-bond donors (Lipinski definition) is 2. The van der Waals surface area contributed by atoms with Gasteiger partial charge >= 0.3 is 0 Å². The Bertz CT molecular complexity index is 397. The van der Waals surface area contributed by atoms with Gasteiger partial charge in [-0.05, 0) is 24.7 Å². The van der Waals surface area contributed by atoms with Crippen LogP contribution >= 0.6 is 11.3 Å². The monoisotopic (exact) mass is 267 g/mol. The van der Waals surface area contributed by atoms with E-state index in [1.54, 1.807) is 5.38 Å². The van der Waals surface area contributed by atoms with E-state index in [4.69, 9.17) is 5.73 Å². The lowest BCUT2D eigenvalue weighted by molar-refractivity contribution is 0.0937. The number of nitrogens with zero attached hydrogens (tertiary/aromatic N) is 1. The van der Waals surface area contributed by atoms with E-state index in [1.807, 2.05) is 0 Å². The van der Waals surface area contributed by atoms with E-state index in [0.717, 1.165) is 17.5 Å². The molecule has 1 aromatic heterocycles. The third kappa shape index (κ3) is 3.53. The second-order valence-electron chi connectivity index (χ2n) is 5.17. The second kappa shape index (κ2) is 6.29. The normalized spacial score (nSPS) is 23.9. The van der Waals surface area contributed by atoms with Crippen LogP contribution in [0, 0.1) is 11.8 Å². The Balaban J connectivity index is 1.77. The number of amides is 1. The van der Waals surface area contributed by atoms with Gasteiger partial charge in [0.15, 0.2) is 0 Å². The molecule has 1 aromatic rings. The molecule has 1 amide bonds. The Hall–Kier alpha value is -0.940. The van der Waals surface area contributed by atoms with Gasteiger partial charge in [-0.2, -0.15) is 0 Å². The summed E-state index contributed by atoms with van der Waals surface area (Å²) in [5.74, 6) is 1.42. The zero-order valence-corrected chi connectivity index (χ0v) is 11.6. The molecule has 4 nitrogen and oxygen atoms in total. The molecule has 5 heteroatoms. The van der Waals surface area contributed by atoms with Crippen LogP contribution in [-0.4, -0.2) is 17.4 Å². The molecule has 100 valence electrons. The first kappa shape index (κ1) is 13.5. The Morgan fingerprint density at radius 1 is 1.50 bits per heavy atom. The second-order valence-corrected chi connectivity index (χ2v) is 6.11. The van der Waals surface area contributed by atoms with Crippen molar-refractivity contribution in [2.75, 3.05) is 6.54 Å². The summed E-state index contributed by atoms with van der Waals surface area (Å²) >= 11 is 1.44. The number of carbonyl (C=O) groups is 1. The van der Waals surface area contributed by atoms with E-state index >= 15 is 0 Å². The molecule has 0 aromatic carbocycles. The van der Waals surface area contributed by atoms with E-state index in [2.05, 4.69) is 17.2 Å². The van der Waals surface area contributed by atoms with Crippen LogP contribution in [-0.2, 0) is 6.54 Å². The fraction of sp³-hybridized carbons (Fsp3) is 0.692. The van der Waals surface area contributed by atoms with Crippen molar-refractivity contribution in [1.29, 1.82) is 0 Å². The van der Waals surface area contributed by atoms with Crippen molar-refractivity contribution in [1.82, 2.24) is 10.3 Å². The van der Waals surface area contributed by atoms with Crippen molar-refractivity contribution in [3.8, 4) is 0 Å². The quantitative estimate of drug-likeness (QED) is 0.878. The minimum Gasteiger partial charge on any atom is -0.350 e. The molecule has 1 fully saturated rings. The molecule has 1 heterocycles. The number of carbonyl (C=O) groups excluding carboxylic acids is 1. The van der Waals surface area contributed by atoms with E-state index in [0.29, 0.717) is 18.2 Å². The van der Waals surface area contributed by atoms with E-state index in [-0.39, 0.29) is 5.91 Å². The van der Waals surface area contributed by atoms with Gasteiger partial charge in [-0.25, -0.2) is 4.98 Å². The molecule has 0 unspecified atom stereocenters. The van der Waals surface area contributed by atoms with E-state index in [9.17, 15) is 4.79 Å². The molecule has 0 saturated heterocycles. The molecule has 0 bridgehead atoms. The fourth-order valence-electron chi connectivity index (χ4n) is 2.37. The van der Waals surface area contributed by atoms with Gasteiger partial charge in [0.05, 0.1) is 0 Å². The minimum absolute atomic E-state index is 0.0652. The lowest BCUT2D eigenvalue weighted by atomic mass is 9.83. The van der Waals surface area contributed by atoms with Crippen LogP contribution in [0.3, 0.4) is 0 Å². The Morgan fingerprint density at radius 2 is 2.22 bits per heavy atom. The number of aromatic nitrogens is 1. The molecule has 0 aliphatic heterocycles. The van der Waals surface area contributed by atoms with Crippen molar-refractivity contribution < 1.29 is 4.79 Å². The SMILES string of the molecule is CC1CCC(CNC(=O)c2csc(CN)n2)CC1. The zero-order valence-electron chi connectivity index (χ0n) is 10.8. The van der Waals surface area contributed by atoms with Crippen molar-refractivity contribution in [3.05, 3.63) is 16.1 Å². The topological polar surface area (TPSA) is 68.0 Å². The lowest BCUT2D eigenvalue weighted by Gasteiger charge is -2.26. The van der Waals surface area contributed by atoms with Gasteiger partial charge in [0, 0.05) is 18.5 Å². The smallest absolute Gasteiger partial charge is 0.270 e. The highest BCUT2D eigenvalue weighted by molar-refractivity contribution is 7.09. The molecule has 18 heavy (non-hydrogen) atoms. The highest BCUT2D eigenvalue weighted by atomic mass is 32.1. The molecule has 0 atom stereocenters. The van der Waals surface area contributed by atoms with Gasteiger partial charge < -0.3 is 11.1 Å². The van der Waals surface area contributed by atoms with Crippen molar-refractivity contribution in [2.24, 2.45) is 17.6 Å². The average Bonchev–Trinajstić information content (AvgIpc) is 2.86. The molecule has 1 aliphatic rings. The van der Waals surface area contributed by atoms with Crippen LogP contribution in [0.1, 0.15) is 48.1 Å². The van der Waals surface area contributed by atoms with E-state index in [1.165, 1.54) is 37.0 Å². The predicted molar refractivity (Wildman–Crippen MR) is 73.5 cm³/mol. The van der Waals surface area contributed by atoms with Crippen molar-refractivity contribution >= 4 is 17.2 Å². The first-order valence-electron chi connectivity index (χ1n) is 6.61. The summed E-state index contributed by atoms with van der Waals surface area (Å²) in [6, 6.07) is 0. The van der Waals surface area contributed by atoms with Crippen molar-refractivity contribution in [3.63, 3.8) is 0 Å². The molecular formula is C13H21N3OS. The first-order chi connectivity index (χ1) is 8.69. The highest BCUT2D eigenvalue weighted by Crippen LogP contribution is 2.27. The zero-order chi connectivity index (χ0) is 13.0. The largest absolute Gasteiger partial charge is 0.350 e. The third-order valence-electron chi connectivity index (χ3n) is 3.65. The van der Waals surface area contributed by atoms with Crippen molar-refractivity contribution in [2.45, 2.75) is 39.2 Å². The molecule has 2 rings (SSSR count). The van der Waals surface area contributed by atoms with Crippen LogP contribution < -0.4 is 11.1 Å². The summed E-state index contributed by atoms with van der Waals surface area (Å²) in [6.07, 6.45) is 5.03. The molecular weight excluding hydrogens is 246 g/mol. The van der Waals surface area contributed by atoms with Gasteiger partial charge in [-0.1, -0.05) is 19.8 Å². The molecule has 1 saturated carbocycles. The van der Waals surface area contributed by atoms with Gasteiger partial charge in [0.25, 0.3) is 5.91 Å². The summed E-state index contributed by atoms with van der Waals surface area (Å²) in [4.78, 5) is 16.1. The molecule has 0 radical (unpaired) electrons. The molecule has 0 spiro atoms. The maximum Gasteiger partial charge on any atom is 0.270 e. The fourth-order valence-corrected chi connectivity index (χ4v) is 3.02. The maximum atomic E-state index is 11.9. The number of nitrogens with one attached hydrogen (secondary N) is 1. The van der Waals surface area contributed by atoms with Gasteiger partial charge in [-0.3, -0.25) is 4.79 Å². The Morgan fingerprint density at radius 3 is 2.83 bits per heavy atom. The summed E-state index contributed by atoms with van der Waals surface area (Å²) in [5, 5.41) is 5.58. The number of nitrogens with two attached hydrogens (primary N) is 1. The van der Waals surface area contributed by atoms with Gasteiger partial charge in [-0.15, -0.1) is 11.3 Å². The molecule has 3 N–H and O–H groups in total. The standard InChI is InChI=1S/C13H21N3OS/c1-9-2-4-10(5-3-9)7-15-13(17)11-8-18-12(6-14)16-11/h8-10H,2-7,14H2,1H3,(H,15,17). The maximum absolute atomic E-state index is 11.9. The summed E-state index contributed by atoms with van der Waals surface area (Å²) < 4.78 is 0. The van der Waals surface area contributed by atoms with Crippen LogP contribution in [0.2, 0.25) is 0 Å². The minimum atomic E-state index is -0.0652. The number of rotatable bonds is 4. The third-order valence-corrected chi connectivity index (χ3v) is 4.52. The van der Waals surface area contributed by atoms with E-state index < -0.39 is 0 Å². The Labute approximate surface area is 112 Å². The van der Waals surface area contributed by atoms with Crippen LogP contribution in [0.25, 0.3) is 0 Å². The average molecular weight is 267 g/mol. The first-order valence-corrected chi connectivity index (χ1v) is 7.49. The molecule has 1 aliphatic carbocycles. The van der Waals surface area contributed by atoms with Crippen LogP contribution in [0.5, 0.6) is 0 Å². The van der Waals surface area contributed by atoms with Gasteiger partial charge in [0.1, 0.15) is 10.7 Å². The number of thiazole rings is 1. The van der Waals surface area contributed by atoms with Gasteiger partial charge in [0.2, 0.25) is 0 Å². The lowest BCUT2D eigenvalue weighted by Crippen LogP contribution is -2.31.